The zero-order valence-corrected chi connectivity index (χ0v) is 9.86. The predicted molar refractivity (Wildman–Crippen MR) is 64.8 cm³/mol. The molecule has 0 spiro atoms. The highest BCUT2D eigenvalue weighted by molar-refractivity contribution is 5.37. The molecule has 2 nitrogen and oxygen atoms in total. The summed E-state index contributed by atoms with van der Waals surface area (Å²) in [6.07, 6.45) is 5.37. The highest BCUT2D eigenvalue weighted by Crippen LogP contribution is 2.36. The molecule has 16 heavy (non-hydrogen) atoms. The average Bonchev–Trinajstić information content (AvgIpc) is 2.54. The van der Waals surface area contributed by atoms with E-state index in [1.165, 1.54) is 18.4 Å². The third-order valence-electron chi connectivity index (χ3n) is 3.52. The molecule has 1 aromatic rings. The first-order valence-electron chi connectivity index (χ1n) is 6.14. The van der Waals surface area contributed by atoms with Crippen LogP contribution >= 0.6 is 0 Å². The molecule has 0 aromatic heterocycles. The van der Waals surface area contributed by atoms with Gasteiger partial charge in [-0.1, -0.05) is 37.5 Å². The summed E-state index contributed by atoms with van der Waals surface area (Å²) in [7, 11) is 1.70. The van der Waals surface area contributed by atoms with Crippen LogP contribution in [0, 0.1) is 0 Å². The van der Waals surface area contributed by atoms with Crippen LogP contribution in [0.5, 0.6) is 5.75 Å². The van der Waals surface area contributed by atoms with Crippen LogP contribution in [-0.4, -0.2) is 18.3 Å². The molecule has 0 saturated heterocycles. The molecule has 1 N–H and O–H groups in total. The van der Waals surface area contributed by atoms with E-state index in [1.807, 2.05) is 18.2 Å². The molecule has 0 radical (unpaired) electrons. The van der Waals surface area contributed by atoms with E-state index in [0.717, 1.165) is 25.0 Å². The second-order valence-corrected chi connectivity index (χ2v) is 4.55. The SMILES string of the molecule is COc1ccccc1C1CCCCCC1O. The van der Waals surface area contributed by atoms with Crippen LogP contribution in [-0.2, 0) is 0 Å². The number of hydrogen-bond acceptors (Lipinski definition) is 2. The molecule has 2 unspecified atom stereocenters. The number of para-hydroxylation sites is 1. The summed E-state index contributed by atoms with van der Waals surface area (Å²) in [4.78, 5) is 0. The van der Waals surface area contributed by atoms with Gasteiger partial charge in [-0.3, -0.25) is 0 Å². The van der Waals surface area contributed by atoms with E-state index in [-0.39, 0.29) is 12.0 Å². The molecule has 0 aliphatic heterocycles. The third-order valence-corrected chi connectivity index (χ3v) is 3.52. The van der Waals surface area contributed by atoms with Crippen LogP contribution in [0.15, 0.2) is 24.3 Å². The van der Waals surface area contributed by atoms with Crippen molar-refractivity contribution in [2.24, 2.45) is 0 Å². The van der Waals surface area contributed by atoms with Crippen molar-refractivity contribution in [3.8, 4) is 5.75 Å². The van der Waals surface area contributed by atoms with Crippen molar-refractivity contribution in [1.82, 2.24) is 0 Å². The van der Waals surface area contributed by atoms with Crippen molar-refractivity contribution in [3.63, 3.8) is 0 Å². The fourth-order valence-corrected chi connectivity index (χ4v) is 2.62. The molecule has 1 aliphatic carbocycles. The molecule has 0 heterocycles. The lowest BCUT2D eigenvalue weighted by Crippen LogP contribution is -2.17. The van der Waals surface area contributed by atoms with Gasteiger partial charge in [0.25, 0.3) is 0 Å². The predicted octanol–water partition coefficient (Wildman–Crippen LogP) is 3.10. The van der Waals surface area contributed by atoms with Crippen molar-refractivity contribution >= 4 is 0 Å². The Morgan fingerprint density at radius 3 is 2.69 bits per heavy atom. The van der Waals surface area contributed by atoms with Crippen molar-refractivity contribution < 1.29 is 9.84 Å². The van der Waals surface area contributed by atoms with Gasteiger partial charge in [0.1, 0.15) is 5.75 Å². The van der Waals surface area contributed by atoms with E-state index in [1.54, 1.807) is 7.11 Å². The number of rotatable bonds is 2. The van der Waals surface area contributed by atoms with Crippen LogP contribution in [0.4, 0.5) is 0 Å². The molecular weight excluding hydrogens is 200 g/mol. The fourth-order valence-electron chi connectivity index (χ4n) is 2.62. The van der Waals surface area contributed by atoms with Crippen molar-refractivity contribution in [2.45, 2.75) is 44.1 Å². The Labute approximate surface area is 97.3 Å². The van der Waals surface area contributed by atoms with Gasteiger partial charge in [-0.05, 0) is 24.5 Å². The Balaban J connectivity index is 2.26. The third kappa shape index (κ3) is 2.38. The molecule has 2 atom stereocenters. The van der Waals surface area contributed by atoms with E-state index < -0.39 is 0 Å². The van der Waals surface area contributed by atoms with E-state index >= 15 is 0 Å². The summed E-state index contributed by atoms with van der Waals surface area (Å²) in [5, 5.41) is 10.2. The second-order valence-electron chi connectivity index (χ2n) is 4.55. The first kappa shape index (κ1) is 11.5. The van der Waals surface area contributed by atoms with Gasteiger partial charge in [0.2, 0.25) is 0 Å². The zero-order chi connectivity index (χ0) is 11.4. The molecule has 2 heteroatoms. The van der Waals surface area contributed by atoms with Crippen LogP contribution in [0.1, 0.15) is 43.6 Å². The fraction of sp³-hybridized carbons (Fsp3) is 0.571. The quantitative estimate of drug-likeness (QED) is 0.776. The van der Waals surface area contributed by atoms with Gasteiger partial charge in [-0.15, -0.1) is 0 Å². The lowest BCUT2D eigenvalue weighted by molar-refractivity contribution is 0.134. The zero-order valence-electron chi connectivity index (χ0n) is 9.86. The maximum Gasteiger partial charge on any atom is 0.122 e. The number of hydrogen-bond donors (Lipinski definition) is 1. The maximum atomic E-state index is 10.2. The Hall–Kier alpha value is -1.02. The minimum atomic E-state index is -0.209. The van der Waals surface area contributed by atoms with Gasteiger partial charge in [-0.2, -0.15) is 0 Å². The lowest BCUT2D eigenvalue weighted by Gasteiger charge is -2.22. The van der Waals surface area contributed by atoms with Crippen LogP contribution in [0.2, 0.25) is 0 Å². The van der Waals surface area contributed by atoms with Crippen molar-refractivity contribution in [2.75, 3.05) is 7.11 Å². The largest absolute Gasteiger partial charge is 0.496 e. The number of ether oxygens (including phenoxy) is 1. The Morgan fingerprint density at radius 1 is 1.12 bits per heavy atom. The van der Waals surface area contributed by atoms with Gasteiger partial charge < -0.3 is 9.84 Å². The van der Waals surface area contributed by atoms with E-state index in [9.17, 15) is 5.11 Å². The summed E-state index contributed by atoms with van der Waals surface area (Å²) in [5.41, 5.74) is 1.17. The first-order valence-corrected chi connectivity index (χ1v) is 6.14. The Morgan fingerprint density at radius 2 is 1.88 bits per heavy atom. The number of methoxy groups -OCH3 is 1. The summed E-state index contributed by atoms with van der Waals surface area (Å²) >= 11 is 0. The number of aliphatic hydroxyl groups excluding tert-OH is 1. The van der Waals surface area contributed by atoms with Crippen LogP contribution in [0.3, 0.4) is 0 Å². The van der Waals surface area contributed by atoms with E-state index in [0.29, 0.717) is 0 Å². The van der Waals surface area contributed by atoms with Crippen molar-refractivity contribution in [1.29, 1.82) is 0 Å². The Kier molecular flexibility index (Phi) is 3.83. The first-order chi connectivity index (χ1) is 7.83. The standard InChI is InChI=1S/C14H20O2/c1-16-14-10-6-5-8-12(14)11-7-3-2-4-9-13(11)15/h5-6,8,10-11,13,15H,2-4,7,9H2,1H3. The minimum absolute atomic E-state index is 0.209. The summed E-state index contributed by atoms with van der Waals surface area (Å²) in [5.74, 6) is 1.16. The molecule has 1 saturated carbocycles. The molecule has 0 amide bonds. The second kappa shape index (κ2) is 5.35. The summed E-state index contributed by atoms with van der Waals surface area (Å²) in [6.45, 7) is 0. The molecule has 2 rings (SSSR count). The van der Waals surface area contributed by atoms with E-state index in [4.69, 9.17) is 4.74 Å². The highest BCUT2D eigenvalue weighted by Gasteiger charge is 2.25. The van der Waals surface area contributed by atoms with Gasteiger partial charge in [0, 0.05) is 5.92 Å². The topological polar surface area (TPSA) is 29.5 Å². The van der Waals surface area contributed by atoms with Crippen LogP contribution < -0.4 is 4.74 Å². The normalized spacial score (nSPS) is 26.1. The highest BCUT2D eigenvalue weighted by atomic mass is 16.5. The lowest BCUT2D eigenvalue weighted by atomic mass is 9.89. The van der Waals surface area contributed by atoms with Gasteiger partial charge in [0.05, 0.1) is 13.2 Å². The van der Waals surface area contributed by atoms with E-state index in [2.05, 4.69) is 6.07 Å². The summed E-state index contributed by atoms with van der Waals surface area (Å²) in [6, 6.07) is 8.06. The monoisotopic (exact) mass is 220 g/mol. The summed E-state index contributed by atoms with van der Waals surface area (Å²) < 4.78 is 5.38. The van der Waals surface area contributed by atoms with Crippen molar-refractivity contribution in [3.05, 3.63) is 29.8 Å². The Bertz CT molecular complexity index is 335. The number of aliphatic hydroxyl groups is 1. The number of benzene rings is 1. The molecule has 1 aliphatic rings. The minimum Gasteiger partial charge on any atom is -0.496 e. The maximum absolute atomic E-state index is 10.2. The van der Waals surface area contributed by atoms with Gasteiger partial charge in [-0.25, -0.2) is 0 Å². The van der Waals surface area contributed by atoms with Gasteiger partial charge >= 0.3 is 0 Å². The smallest absolute Gasteiger partial charge is 0.122 e. The average molecular weight is 220 g/mol. The molecule has 0 bridgehead atoms. The molecule has 88 valence electrons. The molecule has 1 fully saturated rings. The molecular formula is C14H20O2. The van der Waals surface area contributed by atoms with Gasteiger partial charge in [0.15, 0.2) is 0 Å². The van der Waals surface area contributed by atoms with Crippen LogP contribution in [0.25, 0.3) is 0 Å². The molecule has 1 aromatic carbocycles.